The van der Waals surface area contributed by atoms with Crippen LogP contribution in [0.15, 0.2) is 30.4 Å². The quantitative estimate of drug-likeness (QED) is 0.482. The number of anilines is 1. The van der Waals surface area contributed by atoms with Crippen LogP contribution in [-0.2, 0) is 9.59 Å². The van der Waals surface area contributed by atoms with Gasteiger partial charge in [-0.25, -0.2) is 0 Å². The fourth-order valence-electron chi connectivity index (χ4n) is 3.62. The van der Waals surface area contributed by atoms with Gasteiger partial charge in [-0.15, -0.1) is 0 Å². The van der Waals surface area contributed by atoms with Crippen LogP contribution in [0.1, 0.15) is 6.42 Å². The predicted octanol–water partition coefficient (Wildman–Crippen LogP) is 0.730. The van der Waals surface area contributed by atoms with Gasteiger partial charge in [0.15, 0.2) is 0 Å². The first kappa shape index (κ1) is 16.0. The molecule has 1 amide bonds. The highest BCUT2D eigenvalue weighted by molar-refractivity contribution is 5.97. The molecule has 4 unspecified atom stereocenters. The summed E-state index contributed by atoms with van der Waals surface area (Å²) in [6.07, 6.45) is 4.25. The Bertz CT molecular complexity index is 744. The first-order valence-electron chi connectivity index (χ1n) is 7.45. The average Bonchev–Trinajstić information content (AvgIpc) is 3.15. The summed E-state index contributed by atoms with van der Waals surface area (Å²) < 4.78 is 5.10. The SMILES string of the molecule is COc1ccc([N+](=O)[O-])cc1NC(=O)C1C2C=CC(C2)C1C(=O)[O-]. The van der Waals surface area contributed by atoms with Crippen molar-refractivity contribution in [2.45, 2.75) is 6.42 Å². The highest BCUT2D eigenvalue weighted by Crippen LogP contribution is 2.48. The Kier molecular flexibility index (Phi) is 3.96. The number of hydrogen-bond donors (Lipinski definition) is 1. The summed E-state index contributed by atoms with van der Waals surface area (Å²) in [6.45, 7) is 0. The number of carboxylic acid groups (broad SMARTS) is 1. The van der Waals surface area contributed by atoms with E-state index in [-0.39, 0.29) is 29.0 Å². The number of allylic oxidation sites excluding steroid dienone is 2. The Balaban J connectivity index is 1.87. The molecule has 0 spiro atoms. The number of carbonyl (C=O) groups is 2. The number of benzene rings is 1. The van der Waals surface area contributed by atoms with Crippen molar-refractivity contribution >= 4 is 23.3 Å². The standard InChI is InChI=1S/C16H16N2O6/c1-24-12-5-4-10(18(22)23)7-11(12)17-15(19)13-8-2-3-9(6-8)14(13)16(20)21/h2-5,7-9,13-14H,6H2,1H3,(H,17,19)(H,20,21)/p-1. The minimum Gasteiger partial charge on any atom is -0.550 e. The first-order chi connectivity index (χ1) is 11.4. The van der Waals surface area contributed by atoms with Gasteiger partial charge in [0.25, 0.3) is 5.69 Å². The van der Waals surface area contributed by atoms with E-state index < -0.39 is 28.6 Å². The highest BCUT2D eigenvalue weighted by atomic mass is 16.6. The van der Waals surface area contributed by atoms with Crippen LogP contribution >= 0.6 is 0 Å². The van der Waals surface area contributed by atoms with E-state index in [1.54, 1.807) is 0 Å². The van der Waals surface area contributed by atoms with Crippen LogP contribution in [-0.4, -0.2) is 23.9 Å². The third-order valence-corrected chi connectivity index (χ3v) is 4.69. The number of amides is 1. The molecule has 3 rings (SSSR count). The molecular weight excluding hydrogens is 316 g/mol. The smallest absolute Gasteiger partial charge is 0.271 e. The summed E-state index contributed by atoms with van der Waals surface area (Å²) in [5.41, 5.74) is -0.0593. The fourth-order valence-corrected chi connectivity index (χ4v) is 3.62. The summed E-state index contributed by atoms with van der Waals surface area (Å²) in [5.74, 6) is -3.50. The Labute approximate surface area is 137 Å². The van der Waals surface area contributed by atoms with Crippen molar-refractivity contribution in [2.24, 2.45) is 23.7 Å². The zero-order valence-corrected chi connectivity index (χ0v) is 12.8. The molecule has 1 N–H and O–H groups in total. The summed E-state index contributed by atoms with van der Waals surface area (Å²) in [4.78, 5) is 34.3. The van der Waals surface area contributed by atoms with Gasteiger partial charge in [0.2, 0.25) is 5.91 Å². The fraction of sp³-hybridized carbons (Fsp3) is 0.375. The third kappa shape index (κ3) is 2.60. The number of carboxylic acids is 1. The van der Waals surface area contributed by atoms with E-state index in [2.05, 4.69) is 5.32 Å². The van der Waals surface area contributed by atoms with Crippen LogP contribution in [0.3, 0.4) is 0 Å². The Morgan fingerprint density at radius 1 is 1.25 bits per heavy atom. The van der Waals surface area contributed by atoms with Crippen LogP contribution in [0.5, 0.6) is 5.75 Å². The van der Waals surface area contributed by atoms with Gasteiger partial charge in [-0.05, 0) is 24.3 Å². The Hall–Kier alpha value is -2.90. The number of ether oxygens (including phenoxy) is 1. The second-order valence-corrected chi connectivity index (χ2v) is 5.95. The number of nitrogens with one attached hydrogen (secondary N) is 1. The van der Waals surface area contributed by atoms with Crippen molar-refractivity contribution in [2.75, 3.05) is 12.4 Å². The van der Waals surface area contributed by atoms with Crippen molar-refractivity contribution in [1.82, 2.24) is 0 Å². The zero-order valence-electron chi connectivity index (χ0n) is 12.8. The van der Waals surface area contributed by atoms with E-state index in [0.717, 1.165) is 0 Å². The lowest BCUT2D eigenvalue weighted by Crippen LogP contribution is -2.42. The topological polar surface area (TPSA) is 122 Å². The number of methoxy groups -OCH3 is 1. The van der Waals surface area contributed by atoms with Gasteiger partial charge in [0.05, 0.1) is 23.6 Å². The molecule has 8 nitrogen and oxygen atoms in total. The van der Waals surface area contributed by atoms with E-state index in [9.17, 15) is 24.8 Å². The largest absolute Gasteiger partial charge is 0.550 e. The number of non-ortho nitro benzene ring substituents is 1. The molecule has 2 aliphatic rings. The number of nitro groups is 1. The molecule has 1 fully saturated rings. The maximum atomic E-state index is 12.6. The second kappa shape index (κ2) is 5.95. The lowest BCUT2D eigenvalue weighted by atomic mass is 9.82. The molecule has 126 valence electrons. The van der Waals surface area contributed by atoms with Crippen molar-refractivity contribution in [1.29, 1.82) is 0 Å². The van der Waals surface area contributed by atoms with Crippen molar-refractivity contribution < 1.29 is 24.4 Å². The van der Waals surface area contributed by atoms with Gasteiger partial charge in [-0.1, -0.05) is 12.2 Å². The number of hydrogen-bond acceptors (Lipinski definition) is 6. The van der Waals surface area contributed by atoms with Gasteiger partial charge >= 0.3 is 0 Å². The molecule has 4 atom stereocenters. The molecule has 1 saturated carbocycles. The summed E-state index contributed by atoms with van der Waals surface area (Å²) in [6, 6.07) is 3.83. The van der Waals surface area contributed by atoms with Gasteiger partial charge in [-0.3, -0.25) is 14.9 Å². The summed E-state index contributed by atoms with van der Waals surface area (Å²) in [5, 5.41) is 24.9. The number of fused-ring (bicyclic) bond motifs is 2. The molecule has 0 aromatic heterocycles. The van der Waals surface area contributed by atoms with Crippen molar-refractivity contribution in [3.63, 3.8) is 0 Å². The molecule has 1 aromatic rings. The molecular formula is C16H15N2O6-. The third-order valence-electron chi connectivity index (χ3n) is 4.69. The van der Waals surface area contributed by atoms with Gasteiger partial charge in [0, 0.05) is 24.0 Å². The summed E-state index contributed by atoms with van der Waals surface area (Å²) in [7, 11) is 1.38. The maximum absolute atomic E-state index is 12.6. The number of carbonyl (C=O) groups excluding carboxylic acids is 2. The number of nitro benzene ring substituents is 1. The molecule has 0 saturated heterocycles. The molecule has 0 aliphatic heterocycles. The minimum absolute atomic E-state index is 0.139. The van der Waals surface area contributed by atoms with Crippen LogP contribution in [0.25, 0.3) is 0 Å². The number of aliphatic carboxylic acids is 1. The molecule has 2 aliphatic carbocycles. The second-order valence-electron chi connectivity index (χ2n) is 5.95. The van der Waals surface area contributed by atoms with E-state index in [1.807, 2.05) is 12.2 Å². The number of nitrogens with zero attached hydrogens (tertiary/aromatic N) is 1. The van der Waals surface area contributed by atoms with Crippen LogP contribution in [0, 0.1) is 33.8 Å². The van der Waals surface area contributed by atoms with Crippen LogP contribution in [0.2, 0.25) is 0 Å². The molecule has 0 heterocycles. The van der Waals surface area contributed by atoms with Gasteiger partial charge in [-0.2, -0.15) is 0 Å². The van der Waals surface area contributed by atoms with Crippen LogP contribution in [0.4, 0.5) is 11.4 Å². The van der Waals surface area contributed by atoms with Crippen LogP contribution < -0.4 is 15.2 Å². The summed E-state index contributed by atoms with van der Waals surface area (Å²) >= 11 is 0. The van der Waals surface area contributed by atoms with Gasteiger partial charge in [0.1, 0.15) is 5.75 Å². The average molecular weight is 331 g/mol. The molecule has 24 heavy (non-hydrogen) atoms. The zero-order chi connectivity index (χ0) is 17.4. The van der Waals surface area contributed by atoms with E-state index >= 15 is 0 Å². The van der Waals surface area contributed by atoms with E-state index in [4.69, 9.17) is 4.74 Å². The lowest BCUT2D eigenvalue weighted by molar-refractivity contribution is -0.384. The van der Waals surface area contributed by atoms with Crippen molar-refractivity contribution in [3.05, 3.63) is 40.5 Å². The van der Waals surface area contributed by atoms with E-state index in [0.29, 0.717) is 6.42 Å². The minimum atomic E-state index is -1.25. The molecule has 1 aromatic carbocycles. The van der Waals surface area contributed by atoms with Crippen molar-refractivity contribution in [3.8, 4) is 5.75 Å². The molecule has 0 radical (unpaired) electrons. The number of rotatable bonds is 5. The molecule has 2 bridgehead atoms. The molecule has 8 heteroatoms. The Morgan fingerprint density at radius 3 is 2.50 bits per heavy atom. The lowest BCUT2D eigenvalue weighted by Gasteiger charge is -2.28. The van der Waals surface area contributed by atoms with Gasteiger partial charge < -0.3 is 20.0 Å². The maximum Gasteiger partial charge on any atom is 0.271 e. The van der Waals surface area contributed by atoms with E-state index in [1.165, 1.54) is 25.3 Å². The Morgan fingerprint density at radius 2 is 1.92 bits per heavy atom. The highest BCUT2D eigenvalue weighted by Gasteiger charge is 2.48. The monoisotopic (exact) mass is 331 g/mol. The normalized spacial score (nSPS) is 27.0. The predicted molar refractivity (Wildman–Crippen MR) is 81.0 cm³/mol. The first-order valence-corrected chi connectivity index (χ1v) is 7.45.